The van der Waals surface area contributed by atoms with Gasteiger partial charge in [0.05, 0.1) is 11.6 Å². The SMILES string of the molecule is O=C(C1CCN(Cc2nc(-c3ccc(Cl)cc3Cl)no2)CC1)N1CCCCCC1. The van der Waals surface area contributed by atoms with Crippen molar-refractivity contribution in [3.8, 4) is 11.4 Å². The van der Waals surface area contributed by atoms with Gasteiger partial charge in [-0.15, -0.1) is 0 Å². The van der Waals surface area contributed by atoms with Gasteiger partial charge in [0.1, 0.15) is 0 Å². The van der Waals surface area contributed by atoms with E-state index in [0.29, 0.717) is 39.8 Å². The number of piperidine rings is 1. The summed E-state index contributed by atoms with van der Waals surface area (Å²) in [5, 5.41) is 5.12. The summed E-state index contributed by atoms with van der Waals surface area (Å²) in [4.78, 5) is 21.7. The smallest absolute Gasteiger partial charge is 0.241 e. The Morgan fingerprint density at radius 2 is 1.79 bits per heavy atom. The summed E-state index contributed by atoms with van der Waals surface area (Å²) in [6, 6.07) is 5.21. The predicted molar refractivity (Wildman–Crippen MR) is 113 cm³/mol. The fourth-order valence-electron chi connectivity index (χ4n) is 4.18. The first-order valence-corrected chi connectivity index (χ1v) is 11.1. The van der Waals surface area contributed by atoms with Crippen molar-refractivity contribution < 1.29 is 9.32 Å². The molecule has 0 bridgehead atoms. The lowest BCUT2D eigenvalue weighted by atomic mass is 9.95. The maximum Gasteiger partial charge on any atom is 0.241 e. The van der Waals surface area contributed by atoms with Crippen molar-refractivity contribution in [1.82, 2.24) is 19.9 Å². The fraction of sp³-hybridized carbons (Fsp3) is 0.571. The molecule has 0 atom stereocenters. The summed E-state index contributed by atoms with van der Waals surface area (Å²) < 4.78 is 5.42. The van der Waals surface area contributed by atoms with E-state index in [-0.39, 0.29) is 5.92 Å². The molecule has 2 fully saturated rings. The third-order valence-electron chi connectivity index (χ3n) is 5.85. The minimum absolute atomic E-state index is 0.149. The average Bonchev–Trinajstić information content (AvgIpc) is 2.99. The van der Waals surface area contributed by atoms with Gasteiger partial charge in [0, 0.05) is 29.6 Å². The van der Waals surface area contributed by atoms with Crippen molar-refractivity contribution in [2.75, 3.05) is 26.2 Å². The van der Waals surface area contributed by atoms with E-state index in [1.165, 1.54) is 12.8 Å². The Hall–Kier alpha value is -1.63. The molecular weight excluding hydrogens is 411 g/mol. The summed E-state index contributed by atoms with van der Waals surface area (Å²) in [5.41, 5.74) is 0.702. The number of carbonyl (C=O) groups excluding carboxylic acids is 1. The molecule has 4 rings (SSSR count). The van der Waals surface area contributed by atoms with Gasteiger partial charge in [-0.3, -0.25) is 9.69 Å². The molecule has 2 aliphatic rings. The highest BCUT2D eigenvalue weighted by molar-refractivity contribution is 6.36. The summed E-state index contributed by atoms with van der Waals surface area (Å²) in [6.07, 6.45) is 6.55. The lowest BCUT2D eigenvalue weighted by molar-refractivity contribution is -0.137. The van der Waals surface area contributed by atoms with Crippen molar-refractivity contribution in [2.45, 2.75) is 45.1 Å². The molecule has 0 aliphatic carbocycles. The summed E-state index contributed by atoms with van der Waals surface area (Å²) >= 11 is 12.2. The van der Waals surface area contributed by atoms with Gasteiger partial charge in [0.15, 0.2) is 0 Å². The Labute approximate surface area is 181 Å². The molecule has 0 unspecified atom stereocenters. The third kappa shape index (κ3) is 5.11. The lowest BCUT2D eigenvalue weighted by Crippen LogP contribution is -2.42. The monoisotopic (exact) mass is 436 g/mol. The molecule has 1 aromatic carbocycles. The Balaban J connectivity index is 1.31. The molecule has 2 saturated heterocycles. The number of halogens is 2. The van der Waals surface area contributed by atoms with E-state index in [0.717, 1.165) is 51.9 Å². The Kier molecular flexibility index (Phi) is 6.73. The second-order valence-electron chi connectivity index (χ2n) is 7.93. The molecule has 1 aromatic heterocycles. The Morgan fingerprint density at radius 1 is 1.07 bits per heavy atom. The van der Waals surface area contributed by atoms with Crippen LogP contribution in [0, 0.1) is 5.92 Å². The van der Waals surface area contributed by atoms with E-state index in [4.69, 9.17) is 27.7 Å². The van der Waals surface area contributed by atoms with Crippen molar-refractivity contribution in [1.29, 1.82) is 0 Å². The maximum atomic E-state index is 12.8. The standard InChI is InChI=1S/C21H26Cl2N4O2/c22-16-5-6-17(18(23)13-16)20-24-19(29-25-20)14-26-11-7-15(8-12-26)21(28)27-9-3-1-2-4-10-27/h5-6,13,15H,1-4,7-12,14H2. The quantitative estimate of drug-likeness (QED) is 0.697. The zero-order valence-corrected chi connectivity index (χ0v) is 18.0. The highest BCUT2D eigenvalue weighted by Crippen LogP contribution is 2.29. The van der Waals surface area contributed by atoms with Crippen molar-refractivity contribution in [3.63, 3.8) is 0 Å². The molecule has 2 aromatic rings. The van der Waals surface area contributed by atoms with Gasteiger partial charge in [-0.1, -0.05) is 41.2 Å². The first kappa shape index (κ1) is 20.6. The molecule has 0 N–H and O–H groups in total. The van der Waals surface area contributed by atoms with Crippen molar-refractivity contribution in [2.24, 2.45) is 5.92 Å². The molecule has 156 valence electrons. The summed E-state index contributed by atoms with van der Waals surface area (Å²) in [6.45, 7) is 4.17. The van der Waals surface area contributed by atoms with E-state index >= 15 is 0 Å². The van der Waals surface area contributed by atoms with Crippen molar-refractivity contribution >= 4 is 29.1 Å². The topological polar surface area (TPSA) is 62.5 Å². The van der Waals surface area contributed by atoms with Gasteiger partial charge in [-0.25, -0.2) is 0 Å². The van der Waals surface area contributed by atoms with Crippen LogP contribution in [0.1, 0.15) is 44.4 Å². The number of nitrogens with zero attached hydrogens (tertiary/aromatic N) is 4. The normalized spacial score (nSPS) is 19.3. The van der Waals surface area contributed by atoms with Crippen LogP contribution in [0.4, 0.5) is 0 Å². The number of likely N-dealkylation sites (tertiary alicyclic amines) is 2. The maximum absolute atomic E-state index is 12.8. The molecule has 29 heavy (non-hydrogen) atoms. The lowest BCUT2D eigenvalue weighted by Gasteiger charge is -2.33. The van der Waals surface area contributed by atoms with Gasteiger partial charge >= 0.3 is 0 Å². The number of carbonyl (C=O) groups is 1. The van der Waals surface area contributed by atoms with E-state index in [1.54, 1.807) is 18.2 Å². The minimum atomic E-state index is 0.149. The van der Waals surface area contributed by atoms with Gasteiger partial charge in [-0.2, -0.15) is 4.98 Å². The molecule has 0 radical (unpaired) electrons. The van der Waals surface area contributed by atoms with Gasteiger partial charge in [0.25, 0.3) is 0 Å². The Morgan fingerprint density at radius 3 is 2.48 bits per heavy atom. The molecule has 0 saturated carbocycles. The van der Waals surface area contributed by atoms with E-state index in [2.05, 4.69) is 19.9 Å². The highest BCUT2D eigenvalue weighted by Gasteiger charge is 2.29. The molecule has 6 nitrogen and oxygen atoms in total. The average molecular weight is 437 g/mol. The van der Waals surface area contributed by atoms with E-state index < -0.39 is 0 Å². The number of amides is 1. The molecule has 8 heteroatoms. The number of benzene rings is 1. The van der Waals surface area contributed by atoms with Gasteiger partial charge < -0.3 is 9.42 Å². The van der Waals surface area contributed by atoms with Gasteiger partial charge in [-0.05, 0) is 57.0 Å². The van der Waals surface area contributed by atoms with Crippen LogP contribution in [0.3, 0.4) is 0 Å². The molecule has 1 amide bonds. The first-order valence-electron chi connectivity index (χ1n) is 10.4. The number of rotatable bonds is 4. The van der Waals surface area contributed by atoms with Crippen LogP contribution in [0.25, 0.3) is 11.4 Å². The van der Waals surface area contributed by atoms with Crippen LogP contribution < -0.4 is 0 Å². The summed E-state index contributed by atoms with van der Waals surface area (Å²) in [5.74, 6) is 1.52. The number of hydrogen-bond acceptors (Lipinski definition) is 5. The molecule has 2 aliphatic heterocycles. The van der Waals surface area contributed by atoms with Crippen LogP contribution >= 0.6 is 23.2 Å². The first-order chi connectivity index (χ1) is 14.1. The zero-order valence-electron chi connectivity index (χ0n) is 16.4. The van der Waals surface area contributed by atoms with Crippen LogP contribution in [-0.2, 0) is 11.3 Å². The Bertz CT molecular complexity index is 841. The minimum Gasteiger partial charge on any atom is -0.342 e. The molecular formula is C21H26Cl2N4O2. The second-order valence-corrected chi connectivity index (χ2v) is 8.77. The zero-order chi connectivity index (χ0) is 20.2. The predicted octanol–water partition coefficient (Wildman–Crippen LogP) is 4.66. The number of hydrogen-bond donors (Lipinski definition) is 0. The summed E-state index contributed by atoms with van der Waals surface area (Å²) in [7, 11) is 0. The van der Waals surface area contributed by atoms with E-state index in [9.17, 15) is 4.79 Å². The largest absolute Gasteiger partial charge is 0.342 e. The molecule has 3 heterocycles. The van der Waals surface area contributed by atoms with Crippen molar-refractivity contribution in [3.05, 3.63) is 34.1 Å². The highest BCUT2D eigenvalue weighted by atomic mass is 35.5. The second kappa shape index (κ2) is 9.45. The van der Waals surface area contributed by atoms with Gasteiger partial charge in [0.2, 0.25) is 17.6 Å². The van der Waals surface area contributed by atoms with E-state index in [1.807, 2.05) is 0 Å². The molecule has 0 spiro atoms. The number of aromatic nitrogens is 2. The van der Waals surface area contributed by atoms with Crippen LogP contribution in [0.15, 0.2) is 22.7 Å². The third-order valence-corrected chi connectivity index (χ3v) is 6.40. The van der Waals surface area contributed by atoms with Crippen LogP contribution in [-0.4, -0.2) is 52.0 Å². The van der Waals surface area contributed by atoms with Crippen LogP contribution in [0.5, 0.6) is 0 Å². The fourth-order valence-corrected chi connectivity index (χ4v) is 4.67. The van der Waals surface area contributed by atoms with Crippen LogP contribution in [0.2, 0.25) is 10.0 Å².